The lowest BCUT2D eigenvalue weighted by Gasteiger charge is -2.08. The van der Waals surface area contributed by atoms with Gasteiger partial charge in [0.15, 0.2) is 11.6 Å². The van der Waals surface area contributed by atoms with E-state index in [1.165, 1.54) is 6.07 Å². The number of imidazole rings is 1. The summed E-state index contributed by atoms with van der Waals surface area (Å²) >= 11 is 0. The zero-order chi connectivity index (χ0) is 14.8. The second-order valence-corrected chi connectivity index (χ2v) is 4.70. The van der Waals surface area contributed by atoms with E-state index >= 15 is 0 Å². The Bertz CT molecular complexity index is 753. The number of benzene rings is 2. The summed E-state index contributed by atoms with van der Waals surface area (Å²) < 4.78 is 26.2. The van der Waals surface area contributed by atoms with Crippen LogP contribution < -0.4 is 5.73 Å². The standard InChI is InChI=1S/C16H13F2N3/c17-12-7-6-11(8-13(12)18)14-9-20-16(21-14)15(19)10-4-2-1-3-5-10/h1-9,15H,19H2,(H,20,21)/t15-/m1/s1. The molecule has 106 valence electrons. The molecule has 0 fully saturated rings. The third kappa shape index (κ3) is 2.68. The molecule has 0 aliphatic carbocycles. The van der Waals surface area contributed by atoms with Gasteiger partial charge in [-0.3, -0.25) is 0 Å². The molecule has 0 bridgehead atoms. The summed E-state index contributed by atoms with van der Waals surface area (Å²) in [6, 6.07) is 12.8. The molecule has 0 aliphatic rings. The second kappa shape index (κ2) is 5.46. The maximum atomic E-state index is 13.3. The zero-order valence-electron chi connectivity index (χ0n) is 11.1. The molecule has 0 saturated carbocycles. The molecule has 21 heavy (non-hydrogen) atoms. The first-order valence-electron chi connectivity index (χ1n) is 6.46. The quantitative estimate of drug-likeness (QED) is 0.775. The molecule has 1 heterocycles. The van der Waals surface area contributed by atoms with E-state index < -0.39 is 17.7 Å². The van der Waals surface area contributed by atoms with Crippen molar-refractivity contribution in [1.29, 1.82) is 0 Å². The number of hydrogen-bond acceptors (Lipinski definition) is 2. The highest BCUT2D eigenvalue weighted by Gasteiger charge is 2.13. The van der Waals surface area contributed by atoms with Crippen LogP contribution in [0.15, 0.2) is 54.7 Å². The van der Waals surface area contributed by atoms with Crippen molar-refractivity contribution >= 4 is 0 Å². The van der Waals surface area contributed by atoms with Gasteiger partial charge in [-0.25, -0.2) is 13.8 Å². The van der Waals surface area contributed by atoms with Crippen LogP contribution in [-0.4, -0.2) is 9.97 Å². The summed E-state index contributed by atoms with van der Waals surface area (Å²) in [7, 11) is 0. The molecule has 0 radical (unpaired) electrons. The van der Waals surface area contributed by atoms with Gasteiger partial charge < -0.3 is 10.7 Å². The highest BCUT2D eigenvalue weighted by Crippen LogP contribution is 2.23. The highest BCUT2D eigenvalue weighted by molar-refractivity contribution is 5.58. The third-order valence-electron chi connectivity index (χ3n) is 3.28. The Kier molecular flexibility index (Phi) is 3.50. The average molecular weight is 285 g/mol. The Morgan fingerprint density at radius 1 is 1.00 bits per heavy atom. The van der Waals surface area contributed by atoms with Gasteiger partial charge in [0.2, 0.25) is 0 Å². The molecule has 3 rings (SSSR count). The molecule has 5 heteroatoms. The first-order valence-corrected chi connectivity index (χ1v) is 6.46. The molecule has 0 unspecified atom stereocenters. The second-order valence-electron chi connectivity index (χ2n) is 4.70. The van der Waals surface area contributed by atoms with Crippen molar-refractivity contribution in [3.05, 3.63) is 77.8 Å². The van der Waals surface area contributed by atoms with E-state index in [2.05, 4.69) is 9.97 Å². The largest absolute Gasteiger partial charge is 0.340 e. The van der Waals surface area contributed by atoms with E-state index in [9.17, 15) is 8.78 Å². The van der Waals surface area contributed by atoms with Crippen LogP contribution in [0.3, 0.4) is 0 Å². The Morgan fingerprint density at radius 2 is 1.76 bits per heavy atom. The number of rotatable bonds is 3. The van der Waals surface area contributed by atoms with Crippen molar-refractivity contribution < 1.29 is 8.78 Å². The summed E-state index contributed by atoms with van der Waals surface area (Å²) in [4.78, 5) is 7.27. The SMILES string of the molecule is N[C@H](c1ccccc1)c1ncc(-c2ccc(F)c(F)c2)[nH]1. The van der Waals surface area contributed by atoms with E-state index in [-0.39, 0.29) is 0 Å². The average Bonchev–Trinajstić information content (AvgIpc) is 3.00. The Hall–Kier alpha value is -2.53. The number of nitrogens with two attached hydrogens (primary N) is 1. The normalized spacial score (nSPS) is 12.3. The van der Waals surface area contributed by atoms with Gasteiger partial charge >= 0.3 is 0 Å². The summed E-state index contributed by atoms with van der Waals surface area (Å²) in [5.74, 6) is -1.20. The maximum Gasteiger partial charge on any atom is 0.159 e. The van der Waals surface area contributed by atoms with Crippen LogP contribution in [-0.2, 0) is 0 Å². The smallest absolute Gasteiger partial charge is 0.159 e. The molecule has 3 nitrogen and oxygen atoms in total. The summed E-state index contributed by atoms with van der Waals surface area (Å²) in [6.07, 6.45) is 1.56. The molecular formula is C16H13F2N3. The maximum absolute atomic E-state index is 13.3. The van der Waals surface area contributed by atoms with E-state index in [4.69, 9.17) is 5.73 Å². The summed E-state index contributed by atoms with van der Waals surface area (Å²) in [5.41, 5.74) is 8.17. The lowest BCUT2D eigenvalue weighted by atomic mass is 10.1. The fraction of sp³-hybridized carbons (Fsp3) is 0.0625. The van der Waals surface area contributed by atoms with Gasteiger partial charge in [-0.05, 0) is 23.8 Å². The van der Waals surface area contributed by atoms with Crippen LogP contribution >= 0.6 is 0 Å². The first-order chi connectivity index (χ1) is 10.1. The third-order valence-corrected chi connectivity index (χ3v) is 3.28. The highest BCUT2D eigenvalue weighted by atomic mass is 19.2. The van der Waals surface area contributed by atoms with E-state index in [1.54, 1.807) is 6.20 Å². The van der Waals surface area contributed by atoms with Crippen LogP contribution in [0.4, 0.5) is 8.78 Å². The van der Waals surface area contributed by atoms with Crippen LogP contribution in [0.1, 0.15) is 17.4 Å². The number of aromatic amines is 1. The van der Waals surface area contributed by atoms with Crippen LogP contribution in [0.2, 0.25) is 0 Å². The minimum absolute atomic E-state index is 0.398. The van der Waals surface area contributed by atoms with Crippen molar-refractivity contribution in [3.8, 4) is 11.3 Å². The van der Waals surface area contributed by atoms with Gasteiger partial charge in [-0.2, -0.15) is 0 Å². The number of halogens is 2. The predicted octanol–water partition coefficient (Wildman–Crippen LogP) is 3.40. The molecule has 0 spiro atoms. The molecule has 0 saturated heterocycles. The van der Waals surface area contributed by atoms with E-state index in [0.29, 0.717) is 17.1 Å². The van der Waals surface area contributed by atoms with Gasteiger partial charge in [0.05, 0.1) is 17.9 Å². The molecule has 1 aromatic heterocycles. The molecule has 2 aromatic carbocycles. The minimum atomic E-state index is -0.893. The number of nitrogens with one attached hydrogen (secondary N) is 1. The first kappa shape index (κ1) is 13.5. The number of aromatic nitrogens is 2. The molecule has 0 aliphatic heterocycles. The molecule has 1 atom stereocenters. The lowest BCUT2D eigenvalue weighted by Crippen LogP contribution is -2.13. The van der Waals surface area contributed by atoms with Crippen molar-refractivity contribution in [2.75, 3.05) is 0 Å². The van der Waals surface area contributed by atoms with E-state index in [0.717, 1.165) is 17.7 Å². The molecule has 3 aromatic rings. The fourth-order valence-corrected chi connectivity index (χ4v) is 2.12. The van der Waals surface area contributed by atoms with Crippen LogP contribution in [0, 0.1) is 11.6 Å². The topological polar surface area (TPSA) is 54.7 Å². The summed E-state index contributed by atoms with van der Waals surface area (Å²) in [6.45, 7) is 0. The molecular weight excluding hydrogens is 272 g/mol. The van der Waals surface area contributed by atoms with Crippen LogP contribution in [0.5, 0.6) is 0 Å². The zero-order valence-corrected chi connectivity index (χ0v) is 11.1. The van der Waals surface area contributed by atoms with Gasteiger partial charge in [-0.15, -0.1) is 0 Å². The minimum Gasteiger partial charge on any atom is -0.340 e. The van der Waals surface area contributed by atoms with E-state index in [1.807, 2.05) is 30.3 Å². The lowest BCUT2D eigenvalue weighted by molar-refractivity contribution is 0.509. The Balaban J connectivity index is 1.91. The van der Waals surface area contributed by atoms with Gasteiger partial charge in [0.1, 0.15) is 5.82 Å². The molecule has 3 N–H and O–H groups in total. The Labute approximate surface area is 120 Å². The molecule has 0 amide bonds. The van der Waals surface area contributed by atoms with Crippen LogP contribution in [0.25, 0.3) is 11.3 Å². The number of hydrogen-bond donors (Lipinski definition) is 2. The van der Waals surface area contributed by atoms with Crippen molar-refractivity contribution in [2.24, 2.45) is 5.73 Å². The summed E-state index contributed by atoms with van der Waals surface area (Å²) in [5, 5.41) is 0. The van der Waals surface area contributed by atoms with Gasteiger partial charge in [0, 0.05) is 5.56 Å². The van der Waals surface area contributed by atoms with Crippen molar-refractivity contribution in [3.63, 3.8) is 0 Å². The monoisotopic (exact) mass is 285 g/mol. The Morgan fingerprint density at radius 3 is 2.48 bits per heavy atom. The number of H-pyrrole nitrogens is 1. The van der Waals surface area contributed by atoms with Crippen molar-refractivity contribution in [1.82, 2.24) is 9.97 Å². The predicted molar refractivity (Wildman–Crippen MR) is 76.4 cm³/mol. The van der Waals surface area contributed by atoms with Gasteiger partial charge in [0.25, 0.3) is 0 Å². The van der Waals surface area contributed by atoms with Crippen molar-refractivity contribution in [2.45, 2.75) is 6.04 Å². The number of nitrogens with zero attached hydrogens (tertiary/aromatic N) is 1. The van der Waals surface area contributed by atoms with Gasteiger partial charge in [-0.1, -0.05) is 30.3 Å². The fourth-order valence-electron chi connectivity index (χ4n) is 2.12.